The summed E-state index contributed by atoms with van der Waals surface area (Å²) >= 11 is 5.90. The van der Waals surface area contributed by atoms with E-state index in [2.05, 4.69) is 10.1 Å². The Morgan fingerprint density at radius 3 is 2.50 bits per heavy atom. The van der Waals surface area contributed by atoms with Gasteiger partial charge in [-0.2, -0.15) is 0 Å². The van der Waals surface area contributed by atoms with Gasteiger partial charge in [0.15, 0.2) is 0 Å². The van der Waals surface area contributed by atoms with E-state index >= 15 is 0 Å². The molecule has 1 N–H and O–H groups in total. The molecule has 1 aliphatic heterocycles. The molecule has 2 heterocycles. The number of aromatic nitrogens is 2. The van der Waals surface area contributed by atoms with Crippen molar-refractivity contribution in [1.29, 1.82) is 0 Å². The molecule has 0 bridgehead atoms. The average Bonchev–Trinajstić information content (AvgIpc) is 3.04. The Kier molecular flexibility index (Phi) is 3.25. The lowest BCUT2D eigenvalue weighted by molar-refractivity contribution is -0.112. The quantitative estimate of drug-likeness (QED) is 0.769. The van der Waals surface area contributed by atoms with E-state index in [4.69, 9.17) is 11.6 Å². The number of carbonyl (C=O) groups excluding carboxylic acids is 1. The van der Waals surface area contributed by atoms with Crippen LogP contribution < -0.4 is 16.1 Å². The number of fused-ring (bicyclic) bond motifs is 1. The minimum Gasteiger partial charge on any atom is -0.295 e. The van der Waals surface area contributed by atoms with Crippen molar-refractivity contribution in [3.05, 3.63) is 85.7 Å². The van der Waals surface area contributed by atoms with E-state index in [-0.39, 0.29) is 5.56 Å². The summed E-state index contributed by atoms with van der Waals surface area (Å²) in [7, 11) is 0. The average molecular weight is 338 g/mol. The zero-order valence-electron chi connectivity index (χ0n) is 12.7. The molecule has 5 nitrogen and oxygen atoms in total. The minimum absolute atomic E-state index is 0.287. The highest BCUT2D eigenvalue weighted by Crippen LogP contribution is 2.17. The second-order valence-corrected chi connectivity index (χ2v) is 5.97. The maximum absolute atomic E-state index is 12.9. The van der Waals surface area contributed by atoms with Crippen LogP contribution in [-0.2, 0) is 4.79 Å². The van der Waals surface area contributed by atoms with Crippen LogP contribution >= 0.6 is 11.6 Å². The Balaban J connectivity index is 2.00. The van der Waals surface area contributed by atoms with Crippen LogP contribution in [0, 0.1) is 6.92 Å². The van der Waals surface area contributed by atoms with Gasteiger partial charge in [0.2, 0.25) is 0 Å². The van der Waals surface area contributed by atoms with Crippen molar-refractivity contribution in [2.24, 2.45) is 4.99 Å². The molecule has 0 aliphatic carbocycles. The summed E-state index contributed by atoms with van der Waals surface area (Å²) in [5, 5.41) is 4.89. The number of aromatic amines is 1. The lowest BCUT2D eigenvalue weighted by atomic mass is 10.0. The molecule has 0 atom stereocenters. The first-order valence-electron chi connectivity index (χ1n) is 7.36. The van der Waals surface area contributed by atoms with Crippen molar-refractivity contribution < 1.29 is 4.79 Å². The van der Waals surface area contributed by atoms with Crippen LogP contribution in [-0.4, -0.2) is 15.7 Å². The van der Waals surface area contributed by atoms with E-state index in [1.807, 2.05) is 12.1 Å². The van der Waals surface area contributed by atoms with E-state index in [0.29, 0.717) is 38.1 Å². The van der Waals surface area contributed by atoms with Gasteiger partial charge >= 0.3 is 0 Å². The van der Waals surface area contributed by atoms with Gasteiger partial charge in [-0.05, 0) is 37.3 Å². The minimum atomic E-state index is -0.390. The lowest BCUT2D eigenvalue weighted by Gasteiger charge is -2.00. The second kappa shape index (κ2) is 5.32. The zero-order valence-corrected chi connectivity index (χ0v) is 13.5. The molecule has 4 rings (SSSR count). The first-order chi connectivity index (χ1) is 11.6. The van der Waals surface area contributed by atoms with Gasteiger partial charge < -0.3 is 0 Å². The first kappa shape index (κ1) is 14.7. The number of H-pyrrole nitrogens is 1. The largest absolute Gasteiger partial charge is 0.295 e. The SMILES string of the molecule is Cc1[nH]n(-c2ccc(Cl)cc2)c(=O)c1C1=c2ccccc2=NC1=O. The molecule has 6 heteroatoms. The third kappa shape index (κ3) is 2.13. The van der Waals surface area contributed by atoms with Crippen LogP contribution in [0.4, 0.5) is 0 Å². The van der Waals surface area contributed by atoms with Crippen molar-refractivity contribution in [3.8, 4) is 5.69 Å². The van der Waals surface area contributed by atoms with Gasteiger partial charge in [-0.15, -0.1) is 0 Å². The molecule has 0 radical (unpaired) electrons. The van der Waals surface area contributed by atoms with E-state index in [0.717, 1.165) is 0 Å². The molecule has 1 aliphatic rings. The molecule has 118 valence electrons. The fourth-order valence-electron chi connectivity index (χ4n) is 2.92. The third-order valence-corrected chi connectivity index (χ3v) is 4.27. The normalized spacial score (nSPS) is 13.1. The molecule has 24 heavy (non-hydrogen) atoms. The fraction of sp³-hybridized carbons (Fsp3) is 0.0556. The number of hydrogen-bond acceptors (Lipinski definition) is 2. The summed E-state index contributed by atoms with van der Waals surface area (Å²) in [4.78, 5) is 29.3. The molecule has 2 aromatic carbocycles. The molecular formula is C18H12ClN3O2. The molecular weight excluding hydrogens is 326 g/mol. The summed E-state index contributed by atoms with van der Waals surface area (Å²) in [6, 6.07) is 14.1. The first-order valence-corrected chi connectivity index (χ1v) is 7.74. The van der Waals surface area contributed by atoms with Gasteiger partial charge in [0.05, 0.1) is 22.2 Å². The van der Waals surface area contributed by atoms with Crippen LogP contribution in [0.2, 0.25) is 5.02 Å². The van der Waals surface area contributed by atoms with Gasteiger partial charge in [0.1, 0.15) is 0 Å². The monoisotopic (exact) mass is 337 g/mol. The summed E-state index contributed by atoms with van der Waals surface area (Å²) < 4.78 is 1.40. The number of carbonyl (C=O) groups is 1. The topological polar surface area (TPSA) is 67.2 Å². The van der Waals surface area contributed by atoms with Crippen molar-refractivity contribution in [3.63, 3.8) is 0 Å². The highest BCUT2D eigenvalue weighted by atomic mass is 35.5. The number of benzene rings is 2. The van der Waals surface area contributed by atoms with Crippen LogP contribution in [0.15, 0.2) is 58.3 Å². The molecule has 1 amide bonds. The molecule has 0 unspecified atom stereocenters. The number of para-hydroxylation sites is 1. The number of hydrogen-bond donors (Lipinski definition) is 1. The van der Waals surface area contributed by atoms with Gasteiger partial charge in [0, 0.05) is 15.9 Å². The predicted molar refractivity (Wildman–Crippen MR) is 90.9 cm³/mol. The summed E-state index contributed by atoms with van der Waals surface area (Å²) in [6.07, 6.45) is 0. The highest BCUT2D eigenvalue weighted by molar-refractivity contribution is 6.30. The number of rotatable bonds is 2. The second-order valence-electron chi connectivity index (χ2n) is 5.54. The van der Waals surface area contributed by atoms with Crippen molar-refractivity contribution in [2.45, 2.75) is 6.92 Å². The summed E-state index contributed by atoms with van der Waals surface area (Å²) in [6.45, 7) is 1.77. The van der Waals surface area contributed by atoms with Crippen molar-refractivity contribution in [2.75, 3.05) is 0 Å². The van der Waals surface area contributed by atoms with Crippen LogP contribution in [0.3, 0.4) is 0 Å². The number of nitrogens with one attached hydrogen (secondary N) is 1. The van der Waals surface area contributed by atoms with Crippen LogP contribution in [0.1, 0.15) is 11.3 Å². The number of halogens is 1. The Bertz CT molecular complexity index is 1150. The Morgan fingerprint density at radius 1 is 1.04 bits per heavy atom. The molecule has 0 spiro atoms. The smallest absolute Gasteiger partial charge is 0.279 e. The van der Waals surface area contributed by atoms with E-state index < -0.39 is 5.91 Å². The summed E-state index contributed by atoms with van der Waals surface area (Å²) in [5.41, 5.74) is 1.67. The van der Waals surface area contributed by atoms with Gasteiger partial charge in [-0.25, -0.2) is 9.67 Å². The van der Waals surface area contributed by atoms with E-state index in [9.17, 15) is 9.59 Å². The number of amides is 1. The standard InChI is InChI=1S/C18H12ClN3O2/c1-10-15(16-13-4-2-3-5-14(13)20-17(16)23)18(24)22(21-10)12-8-6-11(19)7-9-12/h2-9,21H,1H3. The molecule has 0 fully saturated rings. The predicted octanol–water partition coefficient (Wildman–Crippen LogP) is 1.49. The van der Waals surface area contributed by atoms with Crippen molar-refractivity contribution in [1.82, 2.24) is 9.78 Å². The van der Waals surface area contributed by atoms with E-state index in [1.165, 1.54) is 4.68 Å². The maximum atomic E-state index is 12.9. The fourth-order valence-corrected chi connectivity index (χ4v) is 3.04. The van der Waals surface area contributed by atoms with Gasteiger partial charge in [-0.1, -0.05) is 29.8 Å². The molecule has 0 saturated heterocycles. The van der Waals surface area contributed by atoms with Gasteiger partial charge in [0.25, 0.3) is 11.5 Å². The lowest BCUT2D eigenvalue weighted by Crippen LogP contribution is -2.25. The number of nitrogens with zero attached hydrogens (tertiary/aromatic N) is 2. The Hall–Kier alpha value is -2.92. The molecule has 1 aromatic heterocycles. The van der Waals surface area contributed by atoms with Crippen LogP contribution in [0.25, 0.3) is 11.3 Å². The van der Waals surface area contributed by atoms with E-state index in [1.54, 1.807) is 43.3 Å². The van der Waals surface area contributed by atoms with Crippen LogP contribution in [0.5, 0.6) is 0 Å². The maximum Gasteiger partial charge on any atom is 0.279 e. The highest BCUT2D eigenvalue weighted by Gasteiger charge is 2.25. The molecule has 0 saturated carbocycles. The van der Waals surface area contributed by atoms with Gasteiger partial charge in [-0.3, -0.25) is 14.7 Å². The Labute approximate surface area is 141 Å². The Morgan fingerprint density at radius 2 is 1.75 bits per heavy atom. The zero-order chi connectivity index (χ0) is 16.8. The van der Waals surface area contributed by atoms with Crippen molar-refractivity contribution >= 4 is 23.1 Å². The molecule has 3 aromatic rings. The third-order valence-electron chi connectivity index (χ3n) is 4.02. The number of aryl methyl sites for hydroxylation is 1. The summed E-state index contributed by atoms with van der Waals surface area (Å²) in [5.74, 6) is -0.390.